The van der Waals surface area contributed by atoms with Gasteiger partial charge < -0.3 is 10.5 Å². The Hall–Kier alpha value is -0.840. The molecule has 1 aromatic heterocycles. The standard InChI is InChI=1S/C17H22BrNOS/c1-5-14(19)17(16-8-13(18)9-21-16)20-15-7-10(2)6-11(3)12(15)4/h6-9,14,17H,5,19H2,1-4H3. The molecule has 1 aromatic carbocycles. The van der Waals surface area contributed by atoms with E-state index in [1.54, 1.807) is 11.3 Å². The average molecular weight is 368 g/mol. The summed E-state index contributed by atoms with van der Waals surface area (Å²) in [6, 6.07) is 6.36. The van der Waals surface area contributed by atoms with Crippen LogP contribution in [0.1, 0.15) is 41.0 Å². The van der Waals surface area contributed by atoms with Gasteiger partial charge in [-0.15, -0.1) is 11.3 Å². The van der Waals surface area contributed by atoms with Gasteiger partial charge in [0, 0.05) is 20.8 Å². The highest BCUT2D eigenvalue weighted by Gasteiger charge is 2.23. The Bertz CT molecular complexity index is 623. The summed E-state index contributed by atoms with van der Waals surface area (Å²) in [5.74, 6) is 0.936. The van der Waals surface area contributed by atoms with Crippen LogP contribution in [0.2, 0.25) is 0 Å². The Morgan fingerprint density at radius 3 is 2.52 bits per heavy atom. The largest absolute Gasteiger partial charge is 0.483 e. The molecule has 0 radical (unpaired) electrons. The lowest BCUT2D eigenvalue weighted by Crippen LogP contribution is -2.31. The zero-order valence-electron chi connectivity index (χ0n) is 12.9. The first-order chi connectivity index (χ1) is 9.92. The van der Waals surface area contributed by atoms with Crippen LogP contribution < -0.4 is 10.5 Å². The number of ether oxygens (including phenoxy) is 1. The maximum Gasteiger partial charge on any atom is 0.148 e. The predicted octanol–water partition coefficient (Wildman–Crippen LogP) is 5.29. The molecule has 0 aliphatic carbocycles. The van der Waals surface area contributed by atoms with Crippen LogP contribution in [0, 0.1) is 20.8 Å². The highest BCUT2D eigenvalue weighted by atomic mass is 79.9. The van der Waals surface area contributed by atoms with E-state index in [1.807, 2.05) is 0 Å². The summed E-state index contributed by atoms with van der Waals surface area (Å²) in [6.07, 6.45) is 0.774. The summed E-state index contributed by atoms with van der Waals surface area (Å²) in [4.78, 5) is 1.16. The van der Waals surface area contributed by atoms with Gasteiger partial charge in [0.2, 0.25) is 0 Å². The highest BCUT2D eigenvalue weighted by Crippen LogP contribution is 2.34. The second-order valence-electron chi connectivity index (χ2n) is 5.48. The van der Waals surface area contributed by atoms with Crippen molar-refractivity contribution in [2.45, 2.75) is 46.3 Å². The van der Waals surface area contributed by atoms with Crippen LogP contribution >= 0.6 is 27.3 Å². The third-order valence-electron chi connectivity index (χ3n) is 3.75. The van der Waals surface area contributed by atoms with Gasteiger partial charge in [0.05, 0.1) is 0 Å². The van der Waals surface area contributed by atoms with Gasteiger partial charge in [-0.2, -0.15) is 0 Å². The molecule has 0 saturated carbocycles. The molecule has 21 heavy (non-hydrogen) atoms. The SMILES string of the molecule is CCC(N)C(Oc1cc(C)cc(C)c1C)c1cc(Br)cs1. The third kappa shape index (κ3) is 3.87. The summed E-state index contributed by atoms with van der Waals surface area (Å²) in [6.45, 7) is 8.41. The molecule has 2 unspecified atom stereocenters. The zero-order valence-corrected chi connectivity index (χ0v) is 15.3. The number of nitrogens with two attached hydrogens (primary N) is 1. The summed E-state index contributed by atoms with van der Waals surface area (Å²) in [5, 5.41) is 2.07. The van der Waals surface area contributed by atoms with Gasteiger partial charge in [-0.1, -0.05) is 13.0 Å². The van der Waals surface area contributed by atoms with Crippen LogP contribution in [0.5, 0.6) is 5.75 Å². The van der Waals surface area contributed by atoms with Crippen LogP contribution in [0.25, 0.3) is 0 Å². The summed E-state index contributed by atoms with van der Waals surface area (Å²) >= 11 is 5.19. The van der Waals surface area contributed by atoms with Crippen molar-refractivity contribution < 1.29 is 4.74 Å². The van der Waals surface area contributed by atoms with Crippen molar-refractivity contribution in [2.75, 3.05) is 0 Å². The van der Waals surface area contributed by atoms with Crippen LogP contribution in [-0.2, 0) is 0 Å². The van der Waals surface area contributed by atoms with E-state index in [2.05, 4.69) is 67.2 Å². The summed E-state index contributed by atoms with van der Waals surface area (Å²) < 4.78 is 7.40. The van der Waals surface area contributed by atoms with Gasteiger partial charge in [0.15, 0.2) is 0 Å². The first kappa shape index (κ1) is 16.5. The molecule has 0 bridgehead atoms. The van der Waals surface area contributed by atoms with E-state index >= 15 is 0 Å². The van der Waals surface area contributed by atoms with Crippen LogP contribution in [0.3, 0.4) is 0 Å². The fourth-order valence-corrected chi connectivity index (χ4v) is 3.86. The lowest BCUT2D eigenvalue weighted by atomic mass is 10.0. The lowest BCUT2D eigenvalue weighted by Gasteiger charge is -2.25. The van der Waals surface area contributed by atoms with Crippen molar-refractivity contribution in [1.29, 1.82) is 0 Å². The van der Waals surface area contributed by atoms with E-state index in [1.165, 1.54) is 16.7 Å². The fraction of sp³-hybridized carbons (Fsp3) is 0.412. The van der Waals surface area contributed by atoms with Crippen molar-refractivity contribution in [1.82, 2.24) is 0 Å². The minimum absolute atomic E-state index is 0.0178. The Morgan fingerprint density at radius 2 is 1.95 bits per heavy atom. The normalized spacial score (nSPS) is 14.0. The van der Waals surface area contributed by atoms with E-state index in [0.717, 1.165) is 21.5 Å². The van der Waals surface area contributed by atoms with E-state index in [0.29, 0.717) is 0 Å². The number of hydrogen-bond donors (Lipinski definition) is 1. The lowest BCUT2D eigenvalue weighted by molar-refractivity contribution is 0.173. The Kier molecular flexibility index (Phi) is 5.47. The number of benzene rings is 1. The molecule has 114 valence electrons. The Morgan fingerprint density at radius 1 is 1.24 bits per heavy atom. The van der Waals surface area contributed by atoms with Crippen molar-refractivity contribution in [2.24, 2.45) is 5.73 Å². The molecule has 0 saturated heterocycles. The summed E-state index contributed by atoms with van der Waals surface area (Å²) in [7, 11) is 0. The fourth-order valence-electron chi connectivity index (χ4n) is 2.31. The Labute approximate surface area is 139 Å². The molecular formula is C17H22BrNOS. The Balaban J connectivity index is 2.36. The molecular weight excluding hydrogens is 346 g/mol. The van der Waals surface area contributed by atoms with Crippen LogP contribution in [-0.4, -0.2) is 6.04 Å². The van der Waals surface area contributed by atoms with Crippen LogP contribution in [0.15, 0.2) is 28.1 Å². The highest BCUT2D eigenvalue weighted by molar-refractivity contribution is 9.10. The number of rotatable bonds is 5. The topological polar surface area (TPSA) is 35.2 Å². The molecule has 0 fully saturated rings. The number of thiophene rings is 1. The van der Waals surface area contributed by atoms with Gasteiger partial charge in [0.25, 0.3) is 0 Å². The van der Waals surface area contributed by atoms with Crippen molar-refractivity contribution in [3.63, 3.8) is 0 Å². The molecule has 0 amide bonds. The number of aryl methyl sites for hydroxylation is 2. The van der Waals surface area contributed by atoms with Gasteiger partial charge in [-0.05, 0) is 71.9 Å². The number of halogens is 1. The molecule has 0 aliphatic rings. The van der Waals surface area contributed by atoms with E-state index in [9.17, 15) is 0 Å². The van der Waals surface area contributed by atoms with E-state index in [4.69, 9.17) is 10.5 Å². The molecule has 2 N–H and O–H groups in total. The van der Waals surface area contributed by atoms with Crippen molar-refractivity contribution in [3.8, 4) is 5.75 Å². The van der Waals surface area contributed by atoms with E-state index < -0.39 is 0 Å². The van der Waals surface area contributed by atoms with Gasteiger partial charge in [0.1, 0.15) is 11.9 Å². The first-order valence-electron chi connectivity index (χ1n) is 7.16. The molecule has 2 aromatic rings. The average Bonchev–Trinajstić information content (AvgIpc) is 2.86. The molecule has 2 atom stereocenters. The van der Waals surface area contributed by atoms with Crippen molar-refractivity contribution >= 4 is 27.3 Å². The summed E-state index contributed by atoms with van der Waals surface area (Å²) in [5.41, 5.74) is 9.95. The smallest absolute Gasteiger partial charge is 0.148 e. The maximum atomic E-state index is 6.32. The minimum atomic E-state index is -0.105. The van der Waals surface area contributed by atoms with Crippen molar-refractivity contribution in [3.05, 3.63) is 49.6 Å². The molecule has 2 nitrogen and oxygen atoms in total. The first-order valence-corrected chi connectivity index (χ1v) is 8.83. The van der Waals surface area contributed by atoms with Gasteiger partial charge >= 0.3 is 0 Å². The van der Waals surface area contributed by atoms with E-state index in [-0.39, 0.29) is 12.1 Å². The third-order valence-corrected chi connectivity index (χ3v) is 5.50. The minimum Gasteiger partial charge on any atom is -0.483 e. The molecule has 4 heteroatoms. The molecule has 0 spiro atoms. The molecule has 1 heterocycles. The molecule has 0 aliphatic heterocycles. The van der Waals surface area contributed by atoms with Crippen LogP contribution in [0.4, 0.5) is 0 Å². The van der Waals surface area contributed by atoms with Gasteiger partial charge in [-0.3, -0.25) is 0 Å². The second-order valence-corrected chi connectivity index (χ2v) is 7.34. The number of hydrogen-bond acceptors (Lipinski definition) is 3. The monoisotopic (exact) mass is 367 g/mol. The molecule has 2 rings (SSSR count). The predicted molar refractivity (Wildman–Crippen MR) is 94.3 cm³/mol. The quantitative estimate of drug-likeness (QED) is 0.778. The van der Waals surface area contributed by atoms with Gasteiger partial charge in [-0.25, -0.2) is 0 Å². The maximum absolute atomic E-state index is 6.32. The zero-order chi connectivity index (χ0) is 15.6. The second kappa shape index (κ2) is 6.95.